The van der Waals surface area contributed by atoms with Gasteiger partial charge in [0.05, 0.1) is 22.8 Å². The summed E-state index contributed by atoms with van der Waals surface area (Å²) in [5.74, 6) is 0. The number of ether oxygens (including phenoxy) is 1. The molecule has 1 N–H and O–H groups in total. The van der Waals surface area contributed by atoms with Gasteiger partial charge in [-0.05, 0) is 12.8 Å². The third-order valence-corrected chi connectivity index (χ3v) is 3.55. The first-order valence-corrected chi connectivity index (χ1v) is 6.00. The van der Waals surface area contributed by atoms with Crippen LogP contribution in [-0.4, -0.2) is 40.8 Å². The highest BCUT2D eigenvalue weighted by Gasteiger charge is 2.52. The number of nitrogens with one attached hydrogen (secondary N) is 1. The highest BCUT2D eigenvalue weighted by molar-refractivity contribution is 14.1. The van der Waals surface area contributed by atoms with Gasteiger partial charge in [-0.1, -0.05) is 22.6 Å². The number of hydrogen-bond donors (Lipinski definition) is 1. The quantitative estimate of drug-likeness (QED) is 0.468. The van der Waals surface area contributed by atoms with E-state index in [1.54, 1.807) is 7.05 Å². The second-order valence-electron chi connectivity index (χ2n) is 3.43. The van der Waals surface area contributed by atoms with Crippen LogP contribution in [0.4, 0.5) is 4.79 Å². The lowest BCUT2D eigenvalue weighted by atomic mass is 10.1. The molecule has 4 nitrogen and oxygen atoms in total. The zero-order valence-electron chi connectivity index (χ0n) is 7.50. The summed E-state index contributed by atoms with van der Waals surface area (Å²) in [5, 5.41) is 2.66. The van der Waals surface area contributed by atoms with E-state index in [2.05, 4.69) is 27.9 Å². The zero-order valence-corrected chi connectivity index (χ0v) is 9.65. The lowest BCUT2D eigenvalue weighted by Gasteiger charge is -2.42. The Labute approximate surface area is 91.1 Å². The maximum absolute atomic E-state index is 11.5. The number of halogens is 1. The van der Waals surface area contributed by atoms with E-state index in [1.165, 1.54) is 0 Å². The number of fused-ring (bicyclic) bond motifs is 1. The second kappa shape index (κ2) is 3.61. The molecule has 74 valence electrons. The summed E-state index contributed by atoms with van der Waals surface area (Å²) >= 11 is 2.22. The maximum atomic E-state index is 11.5. The molecule has 13 heavy (non-hydrogen) atoms. The van der Waals surface area contributed by atoms with E-state index < -0.39 is 0 Å². The summed E-state index contributed by atoms with van der Waals surface area (Å²) in [7, 11) is 1.67. The number of amides is 2. The van der Waals surface area contributed by atoms with Crippen molar-refractivity contribution in [2.75, 3.05) is 11.6 Å². The highest BCUT2D eigenvalue weighted by atomic mass is 127. The van der Waals surface area contributed by atoms with Gasteiger partial charge in [0.25, 0.3) is 0 Å². The highest BCUT2D eigenvalue weighted by Crippen LogP contribution is 2.40. The van der Waals surface area contributed by atoms with Crippen LogP contribution in [-0.2, 0) is 4.74 Å². The maximum Gasteiger partial charge on any atom is 0.318 e. The normalized spacial score (nSPS) is 35.4. The van der Waals surface area contributed by atoms with Crippen molar-refractivity contribution in [3.05, 3.63) is 0 Å². The number of carbonyl (C=O) groups is 1. The average Bonchev–Trinajstić information content (AvgIpc) is 2.73. The lowest BCUT2D eigenvalue weighted by molar-refractivity contribution is -0.131. The van der Waals surface area contributed by atoms with E-state index in [9.17, 15) is 4.79 Å². The fourth-order valence-electron chi connectivity index (χ4n) is 2.16. The Hall–Kier alpha value is -0.0400. The van der Waals surface area contributed by atoms with Gasteiger partial charge in [-0.3, -0.25) is 0 Å². The Morgan fingerprint density at radius 1 is 1.62 bits per heavy atom. The molecule has 3 aliphatic rings. The molecule has 2 heterocycles. The van der Waals surface area contributed by atoms with E-state index in [4.69, 9.17) is 4.74 Å². The molecule has 5 heteroatoms. The predicted octanol–water partition coefficient (Wildman–Crippen LogP) is 0.950. The Morgan fingerprint density at radius 3 is 2.62 bits per heavy atom. The Morgan fingerprint density at radius 2 is 2.23 bits per heavy atom. The fourth-order valence-corrected chi connectivity index (χ4v) is 2.92. The SMILES string of the molecule is CNC(=O)N(CI)C1C2CCC1O2. The molecule has 0 radical (unpaired) electrons. The minimum atomic E-state index is 0.0135. The van der Waals surface area contributed by atoms with Crippen LogP contribution in [0.15, 0.2) is 0 Å². The number of urea groups is 1. The van der Waals surface area contributed by atoms with E-state index in [0.717, 1.165) is 17.4 Å². The van der Waals surface area contributed by atoms with Crippen molar-refractivity contribution in [3.63, 3.8) is 0 Å². The van der Waals surface area contributed by atoms with Crippen LogP contribution in [0.2, 0.25) is 0 Å². The van der Waals surface area contributed by atoms with Crippen molar-refractivity contribution < 1.29 is 9.53 Å². The van der Waals surface area contributed by atoms with Gasteiger partial charge in [-0.25, -0.2) is 4.79 Å². The summed E-state index contributed by atoms with van der Waals surface area (Å²) in [6, 6.07) is 0.344. The summed E-state index contributed by atoms with van der Waals surface area (Å²) in [6.07, 6.45) is 2.83. The first kappa shape index (κ1) is 9.51. The van der Waals surface area contributed by atoms with Crippen molar-refractivity contribution in [2.45, 2.75) is 31.1 Å². The van der Waals surface area contributed by atoms with Crippen molar-refractivity contribution in [1.82, 2.24) is 10.2 Å². The molecule has 2 unspecified atom stereocenters. The molecule has 2 bridgehead atoms. The van der Waals surface area contributed by atoms with Gasteiger partial charge >= 0.3 is 6.03 Å². The van der Waals surface area contributed by atoms with Crippen LogP contribution < -0.4 is 5.32 Å². The second-order valence-corrected chi connectivity index (χ2v) is 4.11. The van der Waals surface area contributed by atoms with Crippen molar-refractivity contribution in [2.24, 2.45) is 0 Å². The third-order valence-electron chi connectivity index (χ3n) is 2.81. The number of hydrogen-bond acceptors (Lipinski definition) is 2. The van der Waals surface area contributed by atoms with Gasteiger partial charge < -0.3 is 15.0 Å². The molecule has 0 spiro atoms. The van der Waals surface area contributed by atoms with Crippen LogP contribution in [0, 0.1) is 0 Å². The van der Waals surface area contributed by atoms with Gasteiger partial charge in [0, 0.05) is 7.05 Å². The monoisotopic (exact) mass is 296 g/mol. The molecule has 3 fully saturated rings. The molecule has 2 atom stereocenters. The average molecular weight is 296 g/mol. The smallest absolute Gasteiger partial charge is 0.318 e. The molecule has 3 rings (SSSR count). The molecule has 0 aromatic carbocycles. The Balaban J connectivity index is 2.01. The van der Waals surface area contributed by atoms with Crippen LogP contribution >= 0.6 is 22.6 Å². The molecule has 2 saturated heterocycles. The van der Waals surface area contributed by atoms with Crippen LogP contribution in [0.1, 0.15) is 12.8 Å². The van der Waals surface area contributed by atoms with Gasteiger partial charge in [0.15, 0.2) is 0 Å². The lowest BCUT2D eigenvalue weighted by Crippen LogP contribution is -2.59. The first-order valence-electron chi connectivity index (χ1n) is 4.47. The summed E-state index contributed by atoms with van der Waals surface area (Å²) in [6.45, 7) is 0. The zero-order chi connectivity index (χ0) is 9.42. The molecule has 1 saturated carbocycles. The van der Waals surface area contributed by atoms with E-state index in [-0.39, 0.29) is 6.03 Å². The first-order chi connectivity index (χ1) is 6.27. The van der Waals surface area contributed by atoms with Crippen molar-refractivity contribution in [1.29, 1.82) is 0 Å². The Bertz CT molecular complexity index is 210. The number of alkyl halides is 1. The molecule has 1 aliphatic carbocycles. The molecule has 0 aromatic rings. The standard InChI is InChI=1S/C8H13IN2O2/c1-10-8(12)11(4-9)7-5-2-3-6(7)13-5/h5-7H,2-4H2,1H3,(H,10,12). The van der Waals surface area contributed by atoms with Crippen LogP contribution in [0.25, 0.3) is 0 Å². The number of carbonyl (C=O) groups excluding carboxylic acids is 1. The number of nitrogens with zero attached hydrogens (tertiary/aromatic N) is 1. The topological polar surface area (TPSA) is 41.6 Å². The third kappa shape index (κ3) is 1.41. The van der Waals surface area contributed by atoms with Gasteiger partial charge in [0.2, 0.25) is 0 Å². The molecular formula is C8H13IN2O2. The summed E-state index contributed by atoms with van der Waals surface area (Å²) in [5.41, 5.74) is 0. The van der Waals surface area contributed by atoms with E-state index in [0.29, 0.717) is 18.2 Å². The molecule has 2 aliphatic heterocycles. The molecule has 2 amide bonds. The molecule has 0 aromatic heterocycles. The van der Waals surface area contributed by atoms with Crippen LogP contribution in [0.3, 0.4) is 0 Å². The summed E-state index contributed by atoms with van der Waals surface area (Å²) < 4.78 is 6.25. The predicted molar refractivity (Wildman–Crippen MR) is 56.9 cm³/mol. The van der Waals surface area contributed by atoms with Crippen molar-refractivity contribution >= 4 is 28.6 Å². The van der Waals surface area contributed by atoms with Gasteiger partial charge in [-0.15, -0.1) is 0 Å². The fraction of sp³-hybridized carbons (Fsp3) is 0.875. The van der Waals surface area contributed by atoms with Crippen LogP contribution in [0.5, 0.6) is 0 Å². The van der Waals surface area contributed by atoms with Crippen molar-refractivity contribution in [3.8, 4) is 0 Å². The van der Waals surface area contributed by atoms with E-state index in [1.807, 2.05) is 4.90 Å². The molecular weight excluding hydrogens is 283 g/mol. The van der Waals surface area contributed by atoms with Gasteiger partial charge in [0.1, 0.15) is 0 Å². The van der Waals surface area contributed by atoms with E-state index >= 15 is 0 Å². The minimum Gasteiger partial charge on any atom is -0.370 e. The van der Waals surface area contributed by atoms with Gasteiger partial charge in [-0.2, -0.15) is 0 Å². The number of rotatable bonds is 2. The summed E-state index contributed by atoms with van der Waals surface area (Å²) in [4.78, 5) is 13.3. The minimum absolute atomic E-state index is 0.0135. The largest absolute Gasteiger partial charge is 0.370 e. The Kier molecular flexibility index (Phi) is 2.64.